The van der Waals surface area contributed by atoms with Crippen molar-refractivity contribution in [3.8, 4) is 5.75 Å². The Morgan fingerprint density at radius 1 is 1.19 bits per heavy atom. The average Bonchev–Trinajstić information content (AvgIpc) is 2.83. The van der Waals surface area contributed by atoms with Crippen molar-refractivity contribution in [3.63, 3.8) is 0 Å². The number of thiophene rings is 1. The van der Waals surface area contributed by atoms with Crippen molar-refractivity contribution < 1.29 is 4.74 Å². The van der Waals surface area contributed by atoms with E-state index in [1.165, 1.54) is 29.7 Å². The SMILES string of the molecule is COc1ccc(CCn2c(=S)[nH]c3sc4c(c3c2=O)CCCCC4)cc1. The van der Waals surface area contributed by atoms with E-state index in [0.29, 0.717) is 11.3 Å². The Morgan fingerprint density at radius 3 is 2.73 bits per heavy atom. The average molecular weight is 387 g/mol. The number of rotatable bonds is 4. The highest BCUT2D eigenvalue weighted by Crippen LogP contribution is 2.32. The summed E-state index contributed by atoms with van der Waals surface area (Å²) in [5.74, 6) is 0.839. The van der Waals surface area contributed by atoms with Crippen LogP contribution < -0.4 is 10.3 Å². The molecule has 26 heavy (non-hydrogen) atoms. The van der Waals surface area contributed by atoms with Crippen LogP contribution in [0.3, 0.4) is 0 Å². The lowest BCUT2D eigenvalue weighted by atomic mass is 10.1. The first-order valence-corrected chi connectivity index (χ1v) is 10.3. The molecule has 2 heterocycles. The third-order valence-corrected chi connectivity index (χ3v) is 6.66. The first-order valence-electron chi connectivity index (χ1n) is 9.07. The Balaban J connectivity index is 1.69. The highest BCUT2D eigenvalue weighted by atomic mass is 32.1. The molecule has 1 aliphatic rings. The zero-order valence-electron chi connectivity index (χ0n) is 14.8. The van der Waals surface area contributed by atoms with Crippen LogP contribution in [0.25, 0.3) is 10.2 Å². The zero-order chi connectivity index (χ0) is 18.1. The van der Waals surface area contributed by atoms with Crippen LogP contribution in [-0.4, -0.2) is 16.7 Å². The second kappa shape index (κ2) is 7.37. The molecule has 0 fully saturated rings. The lowest BCUT2D eigenvalue weighted by molar-refractivity contribution is 0.414. The molecule has 0 saturated heterocycles. The predicted molar refractivity (Wildman–Crippen MR) is 109 cm³/mol. The molecule has 6 heteroatoms. The van der Waals surface area contributed by atoms with Crippen LogP contribution in [0.1, 0.15) is 35.3 Å². The van der Waals surface area contributed by atoms with Crippen LogP contribution in [0.4, 0.5) is 0 Å². The van der Waals surface area contributed by atoms with Crippen molar-refractivity contribution in [2.45, 2.75) is 45.1 Å². The molecule has 0 saturated carbocycles. The van der Waals surface area contributed by atoms with Crippen LogP contribution in [0.2, 0.25) is 0 Å². The van der Waals surface area contributed by atoms with Gasteiger partial charge in [-0.2, -0.15) is 0 Å². The number of aromatic amines is 1. The van der Waals surface area contributed by atoms with Gasteiger partial charge >= 0.3 is 0 Å². The van der Waals surface area contributed by atoms with Crippen molar-refractivity contribution in [2.24, 2.45) is 0 Å². The number of benzene rings is 1. The van der Waals surface area contributed by atoms with E-state index in [1.54, 1.807) is 23.0 Å². The van der Waals surface area contributed by atoms with Crippen molar-refractivity contribution >= 4 is 33.8 Å². The van der Waals surface area contributed by atoms with Gasteiger partial charge in [-0.1, -0.05) is 18.6 Å². The van der Waals surface area contributed by atoms with E-state index in [2.05, 4.69) is 4.98 Å². The topological polar surface area (TPSA) is 47.0 Å². The van der Waals surface area contributed by atoms with Crippen LogP contribution in [0.15, 0.2) is 29.1 Å². The van der Waals surface area contributed by atoms with Gasteiger partial charge in [0.15, 0.2) is 4.77 Å². The Hall–Kier alpha value is -1.92. The first kappa shape index (κ1) is 17.5. The number of nitrogens with one attached hydrogen (secondary N) is 1. The molecule has 136 valence electrons. The third-order valence-electron chi connectivity index (χ3n) is 5.13. The number of fused-ring (bicyclic) bond motifs is 3. The van der Waals surface area contributed by atoms with Crippen LogP contribution in [0.5, 0.6) is 5.75 Å². The molecule has 0 bridgehead atoms. The lowest BCUT2D eigenvalue weighted by Crippen LogP contribution is -2.23. The summed E-state index contributed by atoms with van der Waals surface area (Å²) in [7, 11) is 1.66. The normalized spacial score (nSPS) is 14.2. The van der Waals surface area contributed by atoms with E-state index in [1.807, 2.05) is 24.3 Å². The smallest absolute Gasteiger partial charge is 0.263 e. The maximum atomic E-state index is 13.2. The van der Waals surface area contributed by atoms with Gasteiger partial charge in [0, 0.05) is 11.4 Å². The molecule has 2 aromatic heterocycles. The largest absolute Gasteiger partial charge is 0.497 e. The second-order valence-corrected chi connectivity index (χ2v) is 8.25. The Kier molecular flexibility index (Phi) is 4.96. The van der Waals surface area contributed by atoms with E-state index < -0.39 is 0 Å². The van der Waals surface area contributed by atoms with Gasteiger partial charge in [-0.3, -0.25) is 9.36 Å². The maximum Gasteiger partial charge on any atom is 0.263 e. The fraction of sp³-hybridized carbons (Fsp3) is 0.400. The summed E-state index contributed by atoms with van der Waals surface area (Å²) in [6.45, 7) is 0.584. The summed E-state index contributed by atoms with van der Waals surface area (Å²) in [6, 6.07) is 7.96. The lowest BCUT2D eigenvalue weighted by Gasteiger charge is -2.08. The molecule has 0 unspecified atom stereocenters. The Morgan fingerprint density at radius 2 is 1.96 bits per heavy atom. The predicted octanol–water partition coefficient (Wildman–Crippen LogP) is 4.64. The number of methoxy groups -OCH3 is 1. The molecule has 0 spiro atoms. The van der Waals surface area contributed by atoms with Crippen molar-refractivity contribution in [1.29, 1.82) is 0 Å². The van der Waals surface area contributed by atoms with Gasteiger partial charge in [0.05, 0.1) is 12.5 Å². The fourth-order valence-corrected chi connectivity index (χ4v) is 5.31. The van der Waals surface area contributed by atoms with Crippen molar-refractivity contribution in [3.05, 3.63) is 55.4 Å². The highest BCUT2D eigenvalue weighted by Gasteiger charge is 2.19. The minimum atomic E-state index is 0.0664. The molecule has 1 aromatic carbocycles. The Bertz CT molecular complexity index is 1040. The molecule has 0 atom stereocenters. The summed E-state index contributed by atoms with van der Waals surface area (Å²) >= 11 is 7.20. The summed E-state index contributed by atoms with van der Waals surface area (Å²) in [4.78, 5) is 18.8. The van der Waals surface area contributed by atoms with Crippen LogP contribution in [-0.2, 0) is 25.8 Å². The highest BCUT2D eigenvalue weighted by molar-refractivity contribution is 7.71. The fourth-order valence-electron chi connectivity index (χ4n) is 3.68. The molecule has 0 radical (unpaired) electrons. The summed E-state index contributed by atoms with van der Waals surface area (Å²) in [5.41, 5.74) is 2.49. The van der Waals surface area contributed by atoms with Gasteiger partial charge in [-0.15, -0.1) is 11.3 Å². The van der Waals surface area contributed by atoms with E-state index in [-0.39, 0.29) is 5.56 Å². The minimum Gasteiger partial charge on any atom is -0.497 e. The van der Waals surface area contributed by atoms with Crippen molar-refractivity contribution in [1.82, 2.24) is 9.55 Å². The molecule has 4 nitrogen and oxygen atoms in total. The van der Waals surface area contributed by atoms with Crippen LogP contribution in [0, 0.1) is 4.77 Å². The van der Waals surface area contributed by atoms with Gasteiger partial charge in [-0.25, -0.2) is 0 Å². The monoisotopic (exact) mass is 386 g/mol. The molecule has 1 N–H and O–H groups in total. The molecule has 4 rings (SSSR count). The molecule has 3 aromatic rings. The number of nitrogens with zero attached hydrogens (tertiary/aromatic N) is 1. The number of aromatic nitrogens is 2. The van der Waals surface area contributed by atoms with Gasteiger partial charge < -0.3 is 9.72 Å². The number of ether oxygens (including phenoxy) is 1. The summed E-state index contributed by atoms with van der Waals surface area (Å²) in [6.07, 6.45) is 6.48. The third kappa shape index (κ3) is 3.23. The molecule has 0 amide bonds. The number of hydrogen-bond acceptors (Lipinski definition) is 4. The Labute approximate surface area is 161 Å². The molecule has 0 aliphatic heterocycles. The molecular formula is C20H22N2O2S2. The van der Waals surface area contributed by atoms with Gasteiger partial charge in [0.1, 0.15) is 10.6 Å². The first-order chi connectivity index (χ1) is 12.7. The van der Waals surface area contributed by atoms with E-state index in [4.69, 9.17) is 17.0 Å². The van der Waals surface area contributed by atoms with E-state index in [0.717, 1.165) is 40.8 Å². The standard InChI is InChI=1S/C20H22N2O2S2/c1-24-14-9-7-13(8-10-14)11-12-22-19(23)17-15-5-3-2-4-6-16(15)26-18(17)21-20(22)25/h7-10H,2-6,11-12H2,1H3,(H,21,25). The number of H-pyrrole nitrogens is 1. The summed E-state index contributed by atoms with van der Waals surface area (Å²) < 4.78 is 7.44. The van der Waals surface area contributed by atoms with Crippen molar-refractivity contribution in [2.75, 3.05) is 7.11 Å². The van der Waals surface area contributed by atoms with E-state index >= 15 is 0 Å². The zero-order valence-corrected chi connectivity index (χ0v) is 16.5. The number of aryl methyl sites for hydroxylation is 3. The van der Waals surface area contributed by atoms with E-state index in [9.17, 15) is 4.79 Å². The summed E-state index contributed by atoms with van der Waals surface area (Å²) in [5, 5.41) is 0.871. The minimum absolute atomic E-state index is 0.0664. The second-order valence-electron chi connectivity index (χ2n) is 6.75. The van der Waals surface area contributed by atoms with Crippen LogP contribution >= 0.6 is 23.6 Å². The quantitative estimate of drug-likeness (QED) is 0.525. The number of hydrogen-bond donors (Lipinski definition) is 1. The molecule has 1 aliphatic carbocycles. The maximum absolute atomic E-state index is 13.2. The van der Waals surface area contributed by atoms with Gasteiger partial charge in [0.25, 0.3) is 5.56 Å². The molecular weight excluding hydrogens is 364 g/mol. The van der Waals surface area contributed by atoms with Gasteiger partial charge in [0.2, 0.25) is 0 Å². The van der Waals surface area contributed by atoms with Gasteiger partial charge in [-0.05, 0) is 67.6 Å².